The topological polar surface area (TPSA) is 74.1 Å². The molecule has 8 heteroatoms. The van der Waals surface area contributed by atoms with Crippen molar-refractivity contribution in [3.63, 3.8) is 0 Å². The third kappa shape index (κ3) is 5.29. The highest BCUT2D eigenvalue weighted by Gasteiger charge is 2.30. The average molecular weight is 411 g/mol. The molecule has 0 saturated heterocycles. The first-order valence-corrected chi connectivity index (χ1v) is 8.81. The number of nitrogens with one attached hydrogen (secondary N) is 2. The molecule has 3 aromatic rings. The van der Waals surface area contributed by atoms with Crippen LogP contribution < -0.4 is 15.6 Å². The fourth-order valence-corrected chi connectivity index (χ4v) is 2.62. The number of alkyl halides is 3. The average Bonchev–Trinajstić information content (AvgIpc) is 2.76. The second-order valence-electron chi connectivity index (χ2n) is 6.24. The van der Waals surface area contributed by atoms with Gasteiger partial charge in [0.2, 0.25) is 0 Å². The van der Waals surface area contributed by atoms with Gasteiger partial charge in [0, 0.05) is 11.1 Å². The van der Waals surface area contributed by atoms with Gasteiger partial charge in [-0.3, -0.25) is 15.6 Å². The summed E-state index contributed by atoms with van der Waals surface area (Å²) < 4.78 is 44.0. The molecule has 0 spiro atoms. The lowest BCUT2D eigenvalue weighted by molar-refractivity contribution is -0.137. The van der Waals surface area contributed by atoms with Crippen molar-refractivity contribution in [3.05, 3.63) is 95.1 Å². The molecule has 1 amide bonds. The zero-order valence-electron chi connectivity index (χ0n) is 15.5. The Hall–Kier alpha value is -3.99. The SMILES string of the molecule is N#Cc1ccccc1COc1cccc(C(=O)NNc2cccc(C(F)(F)F)c2)c1. The zero-order valence-corrected chi connectivity index (χ0v) is 15.5. The molecule has 0 saturated carbocycles. The molecular formula is C22H16F3N3O2. The molecule has 0 unspecified atom stereocenters. The van der Waals surface area contributed by atoms with Crippen molar-refractivity contribution in [2.75, 3.05) is 5.43 Å². The lowest BCUT2D eigenvalue weighted by atomic mass is 10.1. The van der Waals surface area contributed by atoms with Crippen molar-refractivity contribution in [1.82, 2.24) is 5.43 Å². The molecule has 0 aliphatic carbocycles. The van der Waals surface area contributed by atoms with E-state index in [4.69, 9.17) is 10.00 Å². The number of carbonyl (C=O) groups is 1. The first kappa shape index (κ1) is 20.7. The fraction of sp³-hybridized carbons (Fsp3) is 0.0909. The van der Waals surface area contributed by atoms with E-state index in [0.29, 0.717) is 16.9 Å². The van der Waals surface area contributed by atoms with E-state index >= 15 is 0 Å². The van der Waals surface area contributed by atoms with Gasteiger partial charge in [-0.05, 0) is 42.5 Å². The van der Waals surface area contributed by atoms with E-state index in [1.165, 1.54) is 18.2 Å². The largest absolute Gasteiger partial charge is 0.489 e. The molecule has 3 aromatic carbocycles. The quantitative estimate of drug-likeness (QED) is 0.565. The van der Waals surface area contributed by atoms with Crippen LogP contribution in [-0.4, -0.2) is 5.91 Å². The summed E-state index contributed by atoms with van der Waals surface area (Å²) in [5, 5.41) is 9.12. The molecule has 0 aromatic heterocycles. The molecule has 0 heterocycles. The number of benzene rings is 3. The first-order chi connectivity index (χ1) is 14.4. The molecule has 0 aliphatic rings. The van der Waals surface area contributed by atoms with Crippen LogP contribution in [0.5, 0.6) is 5.75 Å². The van der Waals surface area contributed by atoms with E-state index in [1.54, 1.807) is 42.5 Å². The van der Waals surface area contributed by atoms with Crippen molar-refractivity contribution < 1.29 is 22.7 Å². The van der Waals surface area contributed by atoms with Gasteiger partial charge < -0.3 is 4.74 Å². The highest BCUT2D eigenvalue weighted by molar-refractivity contribution is 5.95. The predicted molar refractivity (Wildman–Crippen MR) is 104 cm³/mol. The van der Waals surface area contributed by atoms with Crippen molar-refractivity contribution in [2.45, 2.75) is 12.8 Å². The van der Waals surface area contributed by atoms with Crippen molar-refractivity contribution >= 4 is 11.6 Å². The van der Waals surface area contributed by atoms with E-state index in [9.17, 15) is 18.0 Å². The molecule has 0 fully saturated rings. The van der Waals surface area contributed by atoms with E-state index in [-0.39, 0.29) is 17.9 Å². The normalized spacial score (nSPS) is 10.7. The van der Waals surface area contributed by atoms with Crippen LogP contribution in [0, 0.1) is 11.3 Å². The third-order valence-electron chi connectivity index (χ3n) is 4.14. The zero-order chi connectivity index (χ0) is 21.6. The summed E-state index contributed by atoms with van der Waals surface area (Å²) in [7, 11) is 0. The summed E-state index contributed by atoms with van der Waals surface area (Å²) in [6.07, 6.45) is -4.47. The molecule has 0 aliphatic heterocycles. The van der Waals surface area contributed by atoms with Gasteiger partial charge >= 0.3 is 6.18 Å². The van der Waals surface area contributed by atoms with Crippen LogP contribution in [0.2, 0.25) is 0 Å². The van der Waals surface area contributed by atoms with E-state index in [0.717, 1.165) is 12.1 Å². The Balaban J connectivity index is 1.63. The Morgan fingerprint density at radius 3 is 2.53 bits per heavy atom. The van der Waals surface area contributed by atoms with Gasteiger partial charge in [0.05, 0.1) is 22.9 Å². The fourth-order valence-electron chi connectivity index (χ4n) is 2.62. The van der Waals surface area contributed by atoms with E-state index < -0.39 is 17.6 Å². The number of hydrogen-bond donors (Lipinski definition) is 2. The van der Waals surface area contributed by atoms with Crippen LogP contribution >= 0.6 is 0 Å². The van der Waals surface area contributed by atoms with Crippen molar-refractivity contribution in [3.8, 4) is 11.8 Å². The molecule has 2 N–H and O–H groups in total. The summed E-state index contributed by atoms with van der Waals surface area (Å²) in [5.74, 6) is -0.134. The number of nitrogens with zero attached hydrogens (tertiary/aromatic N) is 1. The number of rotatable bonds is 6. The Morgan fingerprint density at radius 2 is 1.77 bits per heavy atom. The third-order valence-corrected chi connectivity index (χ3v) is 4.14. The second-order valence-corrected chi connectivity index (χ2v) is 6.24. The summed E-state index contributed by atoms with van der Waals surface area (Å²) >= 11 is 0. The Morgan fingerprint density at radius 1 is 1.00 bits per heavy atom. The molecule has 0 radical (unpaired) electrons. The standard InChI is InChI=1S/C22H16F3N3O2/c23-22(24,25)18-8-4-9-19(12-18)27-28-21(29)15-7-3-10-20(11-15)30-14-17-6-2-1-5-16(17)13-26/h1-12,27H,14H2,(H,28,29). The first-order valence-electron chi connectivity index (χ1n) is 8.81. The van der Waals surface area contributed by atoms with Crippen LogP contribution in [0.3, 0.4) is 0 Å². The number of carbonyl (C=O) groups excluding carboxylic acids is 1. The maximum absolute atomic E-state index is 12.8. The lowest BCUT2D eigenvalue weighted by Gasteiger charge is -2.12. The van der Waals surface area contributed by atoms with Gasteiger partial charge in [0.15, 0.2) is 0 Å². The van der Waals surface area contributed by atoms with E-state index in [1.807, 2.05) is 0 Å². The minimum Gasteiger partial charge on any atom is -0.489 e. The summed E-state index contributed by atoms with van der Waals surface area (Å²) in [6, 6.07) is 19.9. The summed E-state index contributed by atoms with van der Waals surface area (Å²) in [4.78, 5) is 12.3. The van der Waals surface area contributed by atoms with Crippen LogP contribution in [0.1, 0.15) is 27.0 Å². The van der Waals surface area contributed by atoms with Gasteiger partial charge in [-0.1, -0.05) is 30.3 Å². The number of halogens is 3. The van der Waals surface area contributed by atoms with Crippen LogP contribution in [0.15, 0.2) is 72.8 Å². The number of anilines is 1. The summed E-state index contributed by atoms with van der Waals surface area (Å²) in [6.45, 7) is 0.150. The molecule has 0 atom stereocenters. The number of hydrazine groups is 1. The lowest BCUT2D eigenvalue weighted by Crippen LogP contribution is -2.29. The second kappa shape index (κ2) is 9.01. The molecular weight excluding hydrogens is 395 g/mol. The van der Waals surface area contributed by atoms with Crippen LogP contribution in [0.4, 0.5) is 18.9 Å². The Kier molecular flexibility index (Phi) is 6.23. The van der Waals surface area contributed by atoms with Crippen molar-refractivity contribution in [1.29, 1.82) is 5.26 Å². The minimum atomic E-state index is -4.47. The Bertz CT molecular complexity index is 1090. The number of ether oxygens (including phenoxy) is 1. The highest BCUT2D eigenvalue weighted by Crippen LogP contribution is 2.30. The van der Waals surface area contributed by atoms with Gasteiger partial charge in [0.1, 0.15) is 12.4 Å². The molecule has 3 rings (SSSR count). The molecule has 30 heavy (non-hydrogen) atoms. The van der Waals surface area contributed by atoms with Gasteiger partial charge in [-0.15, -0.1) is 0 Å². The Labute approximate surface area is 170 Å². The maximum Gasteiger partial charge on any atom is 0.416 e. The summed E-state index contributed by atoms with van der Waals surface area (Å²) in [5.41, 5.74) is 5.56. The monoisotopic (exact) mass is 411 g/mol. The van der Waals surface area contributed by atoms with Crippen LogP contribution in [-0.2, 0) is 12.8 Å². The molecule has 5 nitrogen and oxygen atoms in total. The van der Waals surface area contributed by atoms with Gasteiger partial charge in [0.25, 0.3) is 5.91 Å². The van der Waals surface area contributed by atoms with Crippen LogP contribution in [0.25, 0.3) is 0 Å². The number of amides is 1. The van der Waals surface area contributed by atoms with Crippen molar-refractivity contribution in [2.24, 2.45) is 0 Å². The smallest absolute Gasteiger partial charge is 0.416 e. The molecule has 0 bridgehead atoms. The highest BCUT2D eigenvalue weighted by atomic mass is 19.4. The van der Waals surface area contributed by atoms with E-state index in [2.05, 4.69) is 16.9 Å². The maximum atomic E-state index is 12.8. The number of hydrogen-bond acceptors (Lipinski definition) is 4. The van der Waals surface area contributed by atoms with Gasteiger partial charge in [-0.25, -0.2) is 0 Å². The van der Waals surface area contributed by atoms with Gasteiger partial charge in [-0.2, -0.15) is 18.4 Å². The minimum absolute atomic E-state index is 0.0960. The number of nitriles is 1. The predicted octanol–water partition coefficient (Wildman–Crippen LogP) is 4.91. The molecule has 152 valence electrons.